The molecule has 3 nitrogen and oxygen atoms in total. The van der Waals surface area contributed by atoms with Crippen molar-refractivity contribution in [2.24, 2.45) is 0 Å². The first-order valence-corrected chi connectivity index (χ1v) is 7.65. The SMILES string of the molecule is CCOC(=O)/C=C/C(=O)c1ccc(-c2ccccc2)c(Br)c1. The van der Waals surface area contributed by atoms with Gasteiger partial charge in [-0.05, 0) is 30.2 Å². The van der Waals surface area contributed by atoms with Gasteiger partial charge in [0, 0.05) is 16.1 Å². The molecule has 0 radical (unpaired) electrons. The fourth-order valence-corrected chi connectivity index (χ4v) is 2.56. The summed E-state index contributed by atoms with van der Waals surface area (Å²) in [5.41, 5.74) is 2.58. The Balaban J connectivity index is 2.19. The van der Waals surface area contributed by atoms with Gasteiger partial charge in [0.2, 0.25) is 0 Å². The first-order valence-electron chi connectivity index (χ1n) is 6.86. The van der Waals surface area contributed by atoms with Gasteiger partial charge >= 0.3 is 5.97 Å². The molecule has 4 heteroatoms. The van der Waals surface area contributed by atoms with E-state index < -0.39 is 5.97 Å². The Morgan fingerprint density at radius 3 is 2.45 bits per heavy atom. The number of allylic oxidation sites excluding steroid dienone is 1. The highest BCUT2D eigenvalue weighted by Crippen LogP contribution is 2.29. The minimum atomic E-state index is -0.518. The Morgan fingerprint density at radius 2 is 1.82 bits per heavy atom. The number of rotatable bonds is 5. The Bertz CT molecular complexity index is 706. The van der Waals surface area contributed by atoms with Crippen LogP contribution in [0.15, 0.2) is 65.2 Å². The molecule has 0 atom stereocenters. The molecule has 0 aliphatic carbocycles. The zero-order chi connectivity index (χ0) is 15.9. The maximum atomic E-state index is 12.0. The Labute approximate surface area is 137 Å². The van der Waals surface area contributed by atoms with Gasteiger partial charge in [-0.2, -0.15) is 0 Å². The lowest BCUT2D eigenvalue weighted by Crippen LogP contribution is -2.01. The summed E-state index contributed by atoms with van der Waals surface area (Å²) in [5, 5.41) is 0. The number of benzene rings is 2. The van der Waals surface area contributed by atoms with E-state index in [1.54, 1.807) is 19.1 Å². The van der Waals surface area contributed by atoms with Crippen molar-refractivity contribution < 1.29 is 14.3 Å². The van der Waals surface area contributed by atoms with E-state index in [9.17, 15) is 9.59 Å². The summed E-state index contributed by atoms with van der Waals surface area (Å²) in [6, 6.07) is 15.3. The summed E-state index contributed by atoms with van der Waals surface area (Å²) < 4.78 is 5.57. The molecule has 22 heavy (non-hydrogen) atoms. The van der Waals surface area contributed by atoms with Crippen LogP contribution < -0.4 is 0 Å². The number of ketones is 1. The van der Waals surface area contributed by atoms with E-state index in [4.69, 9.17) is 4.74 Å². The molecule has 0 aliphatic heterocycles. The van der Waals surface area contributed by atoms with Crippen LogP contribution >= 0.6 is 15.9 Å². The second-order valence-corrected chi connectivity index (χ2v) is 5.36. The van der Waals surface area contributed by atoms with E-state index in [1.807, 2.05) is 36.4 Å². The summed E-state index contributed by atoms with van der Waals surface area (Å²) in [7, 11) is 0. The van der Waals surface area contributed by atoms with Crippen LogP contribution in [0.3, 0.4) is 0 Å². The van der Waals surface area contributed by atoms with Crippen LogP contribution in [0.4, 0.5) is 0 Å². The lowest BCUT2D eigenvalue weighted by Gasteiger charge is -2.06. The van der Waals surface area contributed by atoms with E-state index in [0.29, 0.717) is 5.56 Å². The molecular formula is C18H15BrO3. The first-order chi connectivity index (χ1) is 10.6. The van der Waals surface area contributed by atoms with E-state index in [1.165, 1.54) is 6.08 Å². The third kappa shape index (κ3) is 4.15. The summed E-state index contributed by atoms with van der Waals surface area (Å²) in [5.74, 6) is -0.760. The van der Waals surface area contributed by atoms with Gasteiger partial charge in [-0.15, -0.1) is 0 Å². The molecule has 0 fully saturated rings. The lowest BCUT2D eigenvalue weighted by molar-refractivity contribution is -0.137. The molecule has 2 rings (SSSR count). The molecule has 0 amide bonds. The van der Waals surface area contributed by atoms with E-state index in [2.05, 4.69) is 15.9 Å². The topological polar surface area (TPSA) is 43.4 Å². The third-order valence-corrected chi connectivity index (χ3v) is 3.65. The maximum absolute atomic E-state index is 12.0. The van der Waals surface area contributed by atoms with Crippen LogP contribution in [0.25, 0.3) is 11.1 Å². The van der Waals surface area contributed by atoms with Gasteiger partial charge in [0.25, 0.3) is 0 Å². The summed E-state index contributed by atoms with van der Waals surface area (Å²) in [6.07, 6.45) is 2.37. The van der Waals surface area contributed by atoms with Gasteiger partial charge in [-0.1, -0.05) is 58.4 Å². The molecule has 0 unspecified atom stereocenters. The van der Waals surface area contributed by atoms with Gasteiger partial charge < -0.3 is 4.74 Å². The minimum absolute atomic E-state index is 0.242. The van der Waals surface area contributed by atoms with Crippen molar-refractivity contribution in [3.8, 4) is 11.1 Å². The van der Waals surface area contributed by atoms with Crippen molar-refractivity contribution in [3.63, 3.8) is 0 Å². The summed E-state index contributed by atoms with van der Waals surface area (Å²) >= 11 is 3.49. The summed E-state index contributed by atoms with van der Waals surface area (Å²) in [4.78, 5) is 23.3. The van der Waals surface area contributed by atoms with Crippen molar-refractivity contribution in [1.29, 1.82) is 0 Å². The van der Waals surface area contributed by atoms with E-state index in [0.717, 1.165) is 21.7 Å². The number of halogens is 1. The zero-order valence-electron chi connectivity index (χ0n) is 12.1. The first kappa shape index (κ1) is 16.2. The average molecular weight is 359 g/mol. The number of ether oxygens (including phenoxy) is 1. The number of hydrogen-bond acceptors (Lipinski definition) is 3. The average Bonchev–Trinajstić information content (AvgIpc) is 2.53. The predicted octanol–water partition coefficient (Wildman–Crippen LogP) is 4.42. The monoisotopic (exact) mass is 358 g/mol. The molecule has 0 bridgehead atoms. The normalized spacial score (nSPS) is 10.6. The van der Waals surface area contributed by atoms with Gasteiger partial charge in [0.15, 0.2) is 5.78 Å². The lowest BCUT2D eigenvalue weighted by atomic mass is 10.0. The highest BCUT2D eigenvalue weighted by molar-refractivity contribution is 9.10. The quantitative estimate of drug-likeness (QED) is 0.451. The molecule has 0 aromatic heterocycles. The molecule has 0 spiro atoms. The molecule has 0 saturated heterocycles. The maximum Gasteiger partial charge on any atom is 0.330 e. The van der Waals surface area contributed by atoms with Crippen LogP contribution in [0.2, 0.25) is 0 Å². The number of esters is 1. The molecule has 0 heterocycles. The molecular weight excluding hydrogens is 344 g/mol. The highest BCUT2D eigenvalue weighted by Gasteiger charge is 2.08. The smallest absolute Gasteiger partial charge is 0.330 e. The molecule has 0 aliphatic rings. The van der Waals surface area contributed by atoms with Crippen molar-refractivity contribution in [2.75, 3.05) is 6.61 Å². The third-order valence-electron chi connectivity index (χ3n) is 3.00. The van der Waals surface area contributed by atoms with Crippen LogP contribution in [-0.2, 0) is 9.53 Å². The van der Waals surface area contributed by atoms with Gasteiger partial charge in [0.1, 0.15) is 0 Å². The Kier molecular flexibility index (Phi) is 5.67. The van der Waals surface area contributed by atoms with Gasteiger partial charge in [-0.25, -0.2) is 4.79 Å². The number of hydrogen-bond donors (Lipinski definition) is 0. The standard InChI is InChI=1S/C18H15BrO3/c1-2-22-18(21)11-10-17(20)14-8-9-15(16(19)12-14)13-6-4-3-5-7-13/h3-12H,2H2,1H3/b11-10+. The molecule has 0 N–H and O–H groups in total. The fourth-order valence-electron chi connectivity index (χ4n) is 1.95. The molecule has 112 valence electrons. The summed E-state index contributed by atoms with van der Waals surface area (Å²) in [6.45, 7) is 2.00. The van der Waals surface area contributed by atoms with Crippen molar-refractivity contribution in [2.45, 2.75) is 6.92 Å². The molecule has 2 aromatic rings. The van der Waals surface area contributed by atoms with Crippen molar-refractivity contribution in [1.82, 2.24) is 0 Å². The van der Waals surface area contributed by atoms with Crippen LogP contribution in [0.5, 0.6) is 0 Å². The molecule has 2 aromatic carbocycles. The van der Waals surface area contributed by atoms with Crippen LogP contribution in [0.1, 0.15) is 17.3 Å². The van der Waals surface area contributed by atoms with E-state index in [-0.39, 0.29) is 12.4 Å². The number of carbonyl (C=O) groups excluding carboxylic acids is 2. The van der Waals surface area contributed by atoms with Crippen LogP contribution in [-0.4, -0.2) is 18.4 Å². The van der Waals surface area contributed by atoms with Crippen molar-refractivity contribution in [3.05, 3.63) is 70.7 Å². The second kappa shape index (κ2) is 7.71. The largest absolute Gasteiger partial charge is 0.463 e. The highest BCUT2D eigenvalue weighted by atomic mass is 79.9. The Morgan fingerprint density at radius 1 is 1.09 bits per heavy atom. The fraction of sp³-hybridized carbons (Fsp3) is 0.111. The van der Waals surface area contributed by atoms with Crippen molar-refractivity contribution >= 4 is 27.7 Å². The number of carbonyl (C=O) groups is 2. The van der Waals surface area contributed by atoms with Gasteiger partial charge in [-0.3, -0.25) is 4.79 Å². The second-order valence-electron chi connectivity index (χ2n) is 4.51. The zero-order valence-corrected chi connectivity index (χ0v) is 13.7. The Hall–Kier alpha value is -2.20. The predicted molar refractivity (Wildman–Crippen MR) is 89.7 cm³/mol. The van der Waals surface area contributed by atoms with E-state index >= 15 is 0 Å². The minimum Gasteiger partial charge on any atom is -0.463 e. The molecule has 0 saturated carbocycles. The van der Waals surface area contributed by atoms with Crippen LogP contribution in [0, 0.1) is 0 Å². The van der Waals surface area contributed by atoms with Gasteiger partial charge in [0.05, 0.1) is 6.61 Å².